The van der Waals surface area contributed by atoms with Crippen molar-refractivity contribution in [2.24, 2.45) is 5.92 Å². The fourth-order valence-corrected chi connectivity index (χ4v) is 0.863. The number of allylic oxidation sites excluding steroid dienone is 1. The summed E-state index contributed by atoms with van der Waals surface area (Å²) < 4.78 is 1.85. The van der Waals surface area contributed by atoms with E-state index in [-0.39, 0.29) is 11.7 Å². The Morgan fingerprint density at radius 1 is 1.23 bits per heavy atom. The van der Waals surface area contributed by atoms with Gasteiger partial charge in [-0.3, -0.25) is 4.79 Å². The summed E-state index contributed by atoms with van der Waals surface area (Å²) in [5.41, 5.74) is 0. The molecule has 1 heterocycles. The van der Waals surface area contributed by atoms with E-state index in [0.29, 0.717) is 0 Å². The number of hydrogen-bond donors (Lipinski definition) is 0. The first-order valence-electron chi connectivity index (χ1n) is 4.38. The van der Waals surface area contributed by atoms with Crippen LogP contribution in [-0.4, -0.2) is 5.78 Å². The monoisotopic (exact) mass is 176 g/mol. The van der Waals surface area contributed by atoms with Crippen molar-refractivity contribution in [1.82, 2.24) is 0 Å². The third-order valence-corrected chi connectivity index (χ3v) is 1.72. The number of ketones is 1. The molecule has 68 valence electrons. The van der Waals surface area contributed by atoms with E-state index in [4.69, 9.17) is 0 Å². The Morgan fingerprint density at radius 2 is 1.85 bits per heavy atom. The number of aromatic nitrogens is 1. The zero-order valence-corrected chi connectivity index (χ0v) is 7.97. The molecule has 13 heavy (non-hydrogen) atoms. The molecule has 0 atom stereocenters. The SMILES string of the molecule is CC(C)C(=O)/C=C/[n+]1ccccc1. The Balaban J connectivity index is 2.64. The summed E-state index contributed by atoms with van der Waals surface area (Å²) >= 11 is 0. The van der Waals surface area contributed by atoms with Gasteiger partial charge < -0.3 is 0 Å². The van der Waals surface area contributed by atoms with Crippen LogP contribution in [0.5, 0.6) is 0 Å². The highest BCUT2D eigenvalue weighted by Gasteiger charge is 2.02. The predicted octanol–water partition coefficient (Wildman–Crippen LogP) is 1.67. The highest BCUT2D eigenvalue weighted by atomic mass is 16.1. The lowest BCUT2D eigenvalue weighted by Crippen LogP contribution is -2.24. The minimum atomic E-state index is 0.0700. The first kappa shape index (κ1) is 9.65. The van der Waals surface area contributed by atoms with Gasteiger partial charge in [-0.05, 0) is 0 Å². The van der Waals surface area contributed by atoms with Gasteiger partial charge in [0.15, 0.2) is 24.4 Å². The van der Waals surface area contributed by atoms with Crippen LogP contribution in [-0.2, 0) is 4.79 Å². The quantitative estimate of drug-likeness (QED) is 0.507. The molecule has 2 nitrogen and oxygen atoms in total. The van der Waals surface area contributed by atoms with Crippen LogP contribution < -0.4 is 4.57 Å². The van der Waals surface area contributed by atoms with Crippen molar-refractivity contribution in [2.45, 2.75) is 13.8 Å². The van der Waals surface area contributed by atoms with E-state index in [9.17, 15) is 4.79 Å². The van der Waals surface area contributed by atoms with Gasteiger partial charge in [0.25, 0.3) is 0 Å². The van der Waals surface area contributed by atoms with E-state index in [0.717, 1.165) is 0 Å². The second kappa shape index (κ2) is 4.55. The van der Waals surface area contributed by atoms with Crippen molar-refractivity contribution in [3.63, 3.8) is 0 Å². The van der Waals surface area contributed by atoms with Crippen LogP contribution in [0.25, 0.3) is 6.20 Å². The number of carbonyl (C=O) groups excluding carboxylic acids is 1. The second-order valence-electron chi connectivity index (χ2n) is 3.20. The molecule has 0 bridgehead atoms. The van der Waals surface area contributed by atoms with Gasteiger partial charge in [-0.15, -0.1) is 0 Å². The maximum atomic E-state index is 11.2. The van der Waals surface area contributed by atoms with Gasteiger partial charge in [0.1, 0.15) is 0 Å². The van der Waals surface area contributed by atoms with E-state index < -0.39 is 0 Å². The van der Waals surface area contributed by atoms with Crippen LogP contribution in [0.3, 0.4) is 0 Å². The van der Waals surface area contributed by atoms with Crippen LogP contribution in [0.1, 0.15) is 13.8 Å². The standard InChI is InChI=1S/C11H14NO/c1-10(2)11(13)6-9-12-7-4-3-5-8-12/h3-10H,1-2H3/q+1/b9-6+. The van der Waals surface area contributed by atoms with Crippen molar-refractivity contribution < 1.29 is 9.36 Å². The Labute approximate surface area is 78.5 Å². The fraction of sp³-hybridized carbons (Fsp3) is 0.273. The van der Waals surface area contributed by atoms with Crippen molar-refractivity contribution in [2.75, 3.05) is 0 Å². The minimum absolute atomic E-state index is 0.0700. The lowest BCUT2D eigenvalue weighted by molar-refractivity contribution is -0.568. The lowest BCUT2D eigenvalue weighted by atomic mass is 10.1. The zero-order chi connectivity index (χ0) is 9.68. The van der Waals surface area contributed by atoms with Crippen molar-refractivity contribution in [3.8, 4) is 0 Å². The van der Waals surface area contributed by atoms with E-state index in [2.05, 4.69) is 0 Å². The highest BCUT2D eigenvalue weighted by Crippen LogP contribution is 1.94. The molecule has 0 aliphatic rings. The van der Waals surface area contributed by atoms with Gasteiger partial charge >= 0.3 is 0 Å². The predicted molar refractivity (Wildman–Crippen MR) is 51.8 cm³/mol. The fourth-order valence-electron chi connectivity index (χ4n) is 0.863. The molecular weight excluding hydrogens is 162 g/mol. The van der Waals surface area contributed by atoms with Gasteiger partial charge in [0, 0.05) is 24.1 Å². The van der Waals surface area contributed by atoms with Gasteiger partial charge in [-0.25, -0.2) is 0 Å². The summed E-state index contributed by atoms with van der Waals surface area (Å²) in [6, 6.07) is 5.78. The van der Waals surface area contributed by atoms with Crippen LogP contribution >= 0.6 is 0 Å². The summed E-state index contributed by atoms with van der Waals surface area (Å²) in [6.07, 6.45) is 7.15. The Bertz CT molecular complexity index is 301. The van der Waals surface area contributed by atoms with Gasteiger partial charge in [0.05, 0.1) is 0 Å². The normalized spacial score (nSPS) is 11.0. The van der Waals surface area contributed by atoms with Gasteiger partial charge in [-0.1, -0.05) is 19.9 Å². The van der Waals surface area contributed by atoms with Crippen molar-refractivity contribution in [1.29, 1.82) is 0 Å². The van der Waals surface area contributed by atoms with Crippen LogP contribution in [0, 0.1) is 5.92 Å². The highest BCUT2D eigenvalue weighted by molar-refractivity contribution is 5.92. The molecule has 0 amide bonds. The molecule has 1 rings (SSSR count). The molecule has 0 radical (unpaired) electrons. The maximum absolute atomic E-state index is 11.2. The lowest BCUT2D eigenvalue weighted by Gasteiger charge is -1.94. The summed E-state index contributed by atoms with van der Waals surface area (Å²) in [6.45, 7) is 3.78. The van der Waals surface area contributed by atoms with Gasteiger partial charge in [-0.2, -0.15) is 4.57 Å². The Hall–Kier alpha value is -1.44. The average Bonchev–Trinajstić information content (AvgIpc) is 2.15. The third kappa shape index (κ3) is 3.20. The molecule has 0 saturated carbocycles. The topological polar surface area (TPSA) is 20.9 Å². The van der Waals surface area contributed by atoms with E-state index in [1.807, 2.05) is 49.0 Å². The summed E-state index contributed by atoms with van der Waals surface area (Å²) in [5, 5.41) is 0. The minimum Gasteiger partial charge on any atom is -0.294 e. The average molecular weight is 176 g/mol. The molecule has 0 aliphatic heterocycles. The molecule has 0 unspecified atom stereocenters. The summed E-state index contributed by atoms with van der Waals surface area (Å²) in [7, 11) is 0. The molecule has 0 saturated heterocycles. The number of rotatable bonds is 3. The maximum Gasteiger partial charge on any atom is 0.178 e. The van der Waals surface area contributed by atoms with E-state index in [1.165, 1.54) is 0 Å². The molecule has 0 fully saturated rings. The first-order valence-corrected chi connectivity index (χ1v) is 4.38. The van der Waals surface area contributed by atoms with Crippen LogP contribution in [0.2, 0.25) is 0 Å². The van der Waals surface area contributed by atoms with Crippen LogP contribution in [0.4, 0.5) is 0 Å². The Kier molecular flexibility index (Phi) is 3.38. The smallest absolute Gasteiger partial charge is 0.178 e. The first-order chi connectivity index (χ1) is 6.20. The largest absolute Gasteiger partial charge is 0.294 e. The molecule has 2 heteroatoms. The van der Waals surface area contributed by atoms with Crippen molar-refractivity contribution >= 4 is 12.0 Å². The third-order valence-electron chi connectivity index (χ3n) is 1.72. The molecule has 0 aromatic carbocycles. The van der Waals surface area contributed by atoms with Crippen LogP contribution in [0.15, 0.2) is 36.7 Å². The molecule has 0 spiro atoms. The van der Waals surface area contributed by atoms with Crippen molar-refractivity contribution in [3.05, 3.63) is 36.7 Å². The second-order valence-corrected chi connectivity index (χ2v) is 3.20. The summed E-state index contributed by atoms with van der Waals surface area (Å²) in [4.78, 5) is 11.2. The molecule has 0 N–H and O–H groups in total. The molecule has 1 aromatic rings. The molecule has 1 aromatic heterocycles. The van der Waals surface area contributed by atoms with E-state index >= 15 is 0 Å². The molecule has 0 aliphatic carbocycles. The number of hydrogen-bond acceptors (Lipinski definition) is 1. The number of carbonyl (C=O) groups is 1. The van der Waals surface area contributed by atoms with E-state index in [1.54, 1.807) is 12.3 Å². The number of pyridine rings is 1. The summed E-state index contributed by atoms with van der Waals surface area (Å²) in [5.74, 6) is 0.219. The zero-order valence-electron chi connectivity index (χ0n) is 7.97. The Morgan fingerprint density at radius 3 is 2.38 bits per heavy atom. The molecular formula is C11H14NO+. The number of nitrogens with zero attached hydrogens (tertiary/aromatic N) is 1. The van der Waals surface area contributed by atoms with Gasteiger partial charge in [0.2, 0.25) is 0 Å².